The Morgan fingerprint density at radius 3 is 1.42 bits per heavy atom. The Bertz CT molecular complexity index is 770. The molecule has 0 aliphatic heterocycles. The molecule has 0 fully saturated rings. The van der Waals surface area contributed by atoms with E-state index in [4.69, 9.17) is 0 Å². The topological polar surface area (TPSA) is 164 Å². The summed E-state index contributed by atoms with van der Waals surface area (Å²) in [7, 11) is 0. The van der Waals surface area contributed by atoms with Gasteiger partial charge >= 0.3 is 0 Å². The van der Waals surface area contributed by atoms with Crippen LogP contribution >= 0.6 is 67.8 Å². The van der Waals surface area contributed by atoms with Crippen molar-refractivity contribution in [3.05, 3.63) is 21.8 Å². The highest BCUT2D eigenvalue weighted by Gasteiger charge is 2.30. The van der Waals surface area contributed by atoms with Crippen LogP contribution in [-0.4, -0.2) is 75.5 Å². The van der Waals surface area contributed by atoms with Crippen molar-refractivity contribution < 1.29 is 39.9 Å². The zero-order valence-corrected chi connectivity index (χ0v) is 23.0. The minimum Gasteiger partial charge on any atom is -0.396 e. The Kier molecular flexibility index (Phi) is 12.8. The quantitative estimate of drug-likeness (QED) is 0.136. The number of nitrogens with one attached hydrogen (secondary N) is 1. The zero-order chi connectivity index (χ0) is 23.9. The lowest BCUT2D eigenvalue weighted by molar-refractivity contribution is -0.123. The second-order valence-electron chi connectivity index (χ2n) is 6.95. The summed E-state index contributed by atoms with van der Waals surface area (Å²) in [5.74, 6) is -2.94. The van der Waals surface area contributed by atoms with E-state index in [0.717, 1.165) is 0 Å². The fourth-order valence-electron chi connectivity index (χ4n) is 2.59. The molecule has 0 saturated carbocycles. The van der Waals surface area contributed by atoms with E-state index in [1.807, 2.05) is 67.8 Å². The second kappa shape index (κ2) is 13.7. The smallest absolute Gasteiger partial charge is 0.252 e. The van der Waals surface area contributed by atoms with E-state index in [1.54, 1.807) is 0 Å². The monoisotopic (exact) mass is 775 g/mol. The van der Waals surface area contributed by atoms with Gasteiger partial charge in [-0.2, -0.15) is 0 Å². The van der Waals surface area contributed by atoms with Crippen molar-refractivity contribution in [2.45, 2.75) is 25.9 Å². The maximum absolute atomic E-state index is 13.0. The van der Waals surface area contributed by atoms with Gasteiger partial charge < -0.3 is 30.8 Å². The summed E-state index contributed by atoms with van der Waals surface area (Å²) in [6, 6.07) is 0. The average Bonchev–Trinajstić information content (AvgIpc) is 2.72. The van der Waals surface area contributed by atoms with Gasteiger partial charge in [0, 0.05) is 72.9 Å². The van der Waals surface area contributed by atoms with Crippen molar-refractivity contribution in [3.8, 4) is 0 Å². The third kappa shape index (κ3) is 7.51. The Morgan fingerprint density at radius 2 is 1.13 bits per heavy atom. The van der Waals surface area contributed by atoms with E-state index in [2.05, 4.69) is 5.32 Å². The molecule has 6 N–H and O–H groups in total. The van der Waals surface area contributed by atoms with Crippen LogP contribution in [0.2, 0.25) is 0 Å². The molecule has 0 unspecified atom stereocenters. The Hall–Kier alpha value is 0.0200. The molecule has 1 aromatic rings. The molecule has 9 nitrogen and oxygen atoms in total. The molecule has 0 radical (unpaired) electrons. The van der Waals surface area contributed by atoms with Crippen molar-refractivity contribution in [1.29, 1.82) is 0 Å². The van der Waals surface area contributed by atoms with Crippen molar-refractivity contribution in [2.24, 2.45) is 11.8 Å². The fraction of sp³-hybridized carbons (Fsp3) is 0.526. The van der Waals surface area contributed by atoms with Crippen LogP contribution in [0.15, 0.2) is 0 Å². The molecule has 12 heteroatoms. The first kappa shape index (κ1) is 29.1. The summed E-state index contributed by atoms with van der Waals surface area (Å²) >= 11 is 5.61. The molecule has 0 heterocycles. The van der Waals surface area contributed by atoms with Crippen molar-refractivity contribution >= 4 is 90.9 Å². The van der Waals surface area contributed by atoms with Gasteiger partial charge in [0.1, 0.15) is 6.10 Å². The average molecular weight is 775 g/mol. The molecular weight excluding hydrogens is 751 g/mol. The number of Topliss-reactive ketones (excluding diaryl/α,β-unsaturated/α-hetero) is 2. The molecule has 1 amide bonds. The summed E-state index contributed by atoms with van der Waals surface area (Å²) in [4.78, 5) is 38.2. The summed E-state index contributed by atoms with van der Waals surface area (Å²) in [6.45, 7) is -0.310. The van der Waals surface area contributed by atoms with Crippen LogP contribution in [0.5, 0.6) is 0 Å². The van der Waals surface area contributed by atoms with Gasteiger partial charge in [-0.1, -0.05) is 0 Å². The van der Waals surface area contributed by atoms with Gasteiger partial charge in [-0.3, -0.25) is 14.4 Å². The normalized spacial score (nSPS) is 12.4. The lowest BCUT2D eigenvalue weighted by Gasteiger charge is -2.21. The van der Waals surface area contributed by atoms with Crippen LogP contribution in [0, 0.1) is 22.5 Å². The van der Waals surface area contributed by atoms with Crippen LogP contribution in [0.4, 0.5) is 5.69 Å². The zero-order valence-electron chi connectivity index (χ0n) is 16.6. The van der Waals surface area contributed by atoms with Gasteiger partial charge in [0.05, 0.1) is 5.69 Å². The molecule has 174 valence electrons. The van der Waals surface area contributed by atoms with Gasteiger partial charge in [-0.05, 0) is 74.7 Å². The number of ketones is 2. The molecule has 1 rings (SSSR count). The minimum absolute atomic E-state index is 0.155. The highest BCUT2D eigenvalue weighted by Crippen LogP contribution is 2.37. The first-order chi connectivity index (χ1) is 14.5. The van der Waals surface area contributed by atoms with Crippen molar-refractivity contribution in [1.82, 2.24) is 0 Å². The van der Waals surface area contributed by atoms with Crippen molar-refractivity contribution in [3.63, 3.8) is 0 Å². The standard InChI is InChI=1S/C19H24I3NO8/c1-8(28)19(31)23-18-16(21)13(11(29)2-9(4-24)5-25)15(20)14(17(18)22)12(30)3-10(6-26)7-27/h8-10,24-28H,2-7H2,1H3,(H,23,31)/t8-/m0/s1. The number of amides is 1. The van der Waals surface area contributed by atoms with Gasteiger partial charge in [0.25, 0.3) is 5.91 Å². The molecule has 0 bridgehead atoms. The lowest BCUT2D eigenvalue weighted by Crippen LogP contribution is -2.27. The third-order valence-corrected chi connectivity index (χ3v) is 7.72. The number of rotatable bonds is 12. The molecule has 0 aliphatic rings. The first-order valence-electron chi connectivity index (χ1n) is 9.23. The number of carbonyl (C=O) groups is 3. The van der Waals surface area contributed by atoms with Gasteiger partial charge in [0.2, 0.25) is 0 Å². The van der Waals surface area contributed by atoms with E-state index in [-0.39, 0.29) is 29.7 Å². The van der Waals surface area contributed by atoms with E-state index >= 15 is 0 Å². The van der Waals surface area contributed by atoms with Crippen LogP contribution in [0.25, 0.3) is 0 Å². The number of benzene rings is 1. The number of aliphatic hydroxyl groups excluding tert-OH is 5. The highest BCUT2D eigenvalue weighted by atomic mass is 127. The number of hydrogen-bond donors (Lipinski definition) is 6. The number of aliphatic hydroxyl groups is 5. The molecule has 0 spiro atoms. The summed E-state index contributed by atoms with van der Waals surface area (Å²) in [5.41, 5.74) is 0.498. The largest absolute Gasteiger partial charge is 0.396 e. The molecule has 31 heavy (non-hydrogen) atoms. The third-order valence-electron chi connectivity index (χ3n) is 4.48. The van der Waals surface area contributed by atoms with Gasteiger partial charge in [-0.25, -0.2) is 0 Å². The molecule has 0 saturated heterocycles. The van der Waals surface area contributed by atoms with Gasteiger partial charge in [-0.15, -0.1) is 0 Å². The Labute approximate surface area is 220 Å². The molecule has 1 atom stereocenters. The SMILES string of the molecule is C[C@H](O)C(=O)Nc1c(I)c(C(=O)CC(CO)CO)c(I)c(C(=O)CC(CO)CO)c1I. The maximum atomic E-state index is 13.0. The Balaban J connectivity index is 3.66. The Morgan fingerprint density at radius 1 is 0.774 bits per heavy atom. The minimum atomic E-state index is -1.33. The summed E-state index contributed by atoms with van der Waals surface area (Å²) in [6.07, 6.45) is -1.68. The number of anilines is 1. The number of carbonyl (C=O) groups excluding carboxylic acids is 3. The predicted octanol–water partition coefficient (Wildman–Crippen LogP) is 1.17. The molecule has 0 aromatic heterocycles. The molecule has 0 aliphatic carbocycles. The van der Waals surface area contributed by atoms with E-state index in [1.165, 1.54) is 6.92 Å². The molecular formula is C19H24I3NO8. The van der Waals surface area contributed by atoms with Crippen LogP contribution in [0.1, 0.15) is 40.5 Å². The van der Waals surface area contributed by atoms with E-state index in [0.29, 0.717) is 10.7 Å². The van der Waals surface area contributed by atoms with Crippen molar-refractivity contribution in [2.75, 3.05) is 31.7 Å². The van der Waals surface area contributed by atoms with Crippen LogP contribution in [0.3, 0.4) is 0 Å². The van der Waals surface area contributed by atoms with Gasteiger partial charge in [0.15, 0.2) is 11.6 Å². The van der Waals surface area contributed by atoms with Crippen LogP contribution in [-0.2, 0) is 4.79 Å². The number of hydrogen-bond acceptors (Lipinski definition) is 8. The highest BCUT2D eigenvalue weighted by molar-refractivity contribution is 14.1. The summed E-state index contributed by atoms with van der Waals surface area (Å²) in [5, 5.41) is 49.5. The lowest BCUT2D eigenvalue weighted by atomic mass is 9.94. The summed E-state index contributed by atoms with van der Waals surface area (Å²) < 4.78 is 1.05. The van der Waals surface area contributed by atoms with Crippen LogP contribution < -0.4 is 5.32 Å². The molecule has 1 aromatic carbocycles. The number of halogens is 3. The first-order valence-corrected chi connectivity index (χ1v) is 12.5. The maximum Gasteiger partial charge on any atom is 0.252 e. The van der Waals surface area contributed by atoms with E-state index in [9.17, 15) is 39.9 Å². The fourth-order valence-corrected chi connectivity index (χ4v) is 7.23. The van der Waals surface area contributed by atoms with E-state index < -0.39 is 61.8 Å². The predicted molar refractivity (Wildman–Crippen MR) is 138 cm³/mol. The second-order valence-corrected chi connectivity index (χ2v) is 10.2.